The number of likely N-dealkylation sites (N-methyl/N-ethyl adjacent to an activating group) is 1. The highest BCUT2D eigenvalue weighted by atomic mass is 79.9. The summed E-state index contributed by atoms with van der Waals surface area (Å²) in [6.45, 7) is 5.72. The SMILES string of the molecule is CCN1CCCC(Nc2cc(Br)nc(C3CC3)n2)C1. The van der Waals surface area contributed by atoms with E-state index in [1.54, 1.807) is 0 Å². The lowest BCUT2D eigenvalue weighted by molar-refractivity contribution is 0.226. The molecule has 2 aliphatic rings. The minimum Gasteiger partial charge on any atom is -0.366 e. The fourth-order valence-corrected chi connectivity index (χ4v) is 3.10. The van der Waals surface area contributed by atoms with Crippen LogP contribution in [0, 0.1) is 0 Å². The Hall–Kier alpha value is -0.680. The highest BCUT2D eigenvalue weighted by Gasteiger charge is 2.27. The maximum atomic E-state index is 4.67. The summed E-state index contributed by atoms with van der Waals surface area (Å²) in [6.07, 6.45) is 4.98. The molecule has 1 aliphatic heterocycles. The van der Waals surface area contributed by atoms with E-state index in [4.69, 9.17) is 0 Å². The Bertz CT molecular complexity index is 447. The Labute approximate surface area is 123 Å². The molecular formula is C14H21BrN4. The number of nitrogens with one attached hydrogen (secondary N) is 1. The zero-order chi connectivity index (χ0) is 13.2. The van der Waals surface area contributed by atoms with E-state index in [-0.39, 0.29) is 0 Å². The first-order chi connectivity index (χ1) is 9.24. The molecule has 2 fully saturated rings. The quantitative estimate of drug-likeness (QED) is 0.864. The second kappa shape index (κ2) is 5.75. The molecule has 1 saturated heterocycles. The Morgan fingerprint density at radius 2 is 2.21 bits per heavy atom. The van der Waals surface area contributed by atoms with Crippen LogP contribution in [-0.4, -0.2) is 40.5 Å². The standard InChI is InChI=1S/C14H21BrN4/c1-2-19-7-3-4-11(9-19)16-13-8-12(15)17-14(18-13)10-5-6-10/h8,10-11H,2-7,9H2,1H3,(H,16,17,18). The number of anilines is 1. The highest BCUT2D eigenvalue weighted by Crippen LogP contribution is 2.38. The number of aromatic nitrogens is 2. The van der Waals surface area contributed by atoms with E-state index in [9.17, 15) is 0 Å². The van der Waals surface area contributed by atoms with Crippen molar-refractivity contribution in [3.63, 3.8) is 0 Å². The summed E-state index contributed by atoms with van der Waals surface area (Å²) in [5, 5.41) is 3.59. The summed E-state index contributed by atoms with van der Waals surface area (Å²) in [5.41, 5.74) is 0. The van der Waals surface area contributed by atoms with Crippen molar-refractivity contribution in [2.24, 2.45) is 0 Å². The van der Waals surface area contributed by atoms with Crippen LogP contribution in [0.3, 0.4) is 0 Å². The van der Waals surface area contributed by atoms with Crippen molar-refractivity contribution >= 4 is 21.7 Å². The number of piperidine rings is 1. The lowest BCUT2D eigenvalue weighted by atomic mass is 10.1. The van der Waals surface area contributed by atoms with Crippen molar-refractivity contribution < 1.29 is 0 Å². The van der Waals surface area contributed by atoms with Crippen LogP contribution in [0.2, 0.25) is 0 Å². The zero-order valence-corrected chi connectivity index (χ0v) is 13.0. The molecule has 0 bridgehead atoms. The van der Waals surface area contributed by atoms with E-state index < -0.39 is 0 Å². The van der Waals surface area contributed by atoms with Gasteiger partial charge in [-0.15, -0.1) is 0 Å². The molecule has 1 unspecified atom stereocenters. The van der Waals surface area contributed by atoms with Crippen molar-refractivity contribution in [2.45, 2.75) is 44.6 Å². The number of hydrogen-bond acceptors (Lipinski definition) is 4. The van der Waals surface area contributed by atoms with Crippen LogP contribution < -0.4 is 5.32 Å². The monoisotopic (exact) mass is 324 g/mol. The van der Waals surface area contributed by atoms with Crippen molar-refractivity contribution in [2.75, 3.05) is 25.0 Å². The maximum absolute atomic E-state index is 4.67. The third-order valence-corrected chi connectivity index (χ3v) is 4.37. The van der Waals surface area contributed by atoms with E-state index >= 15 is 0 Å². The fraction of sp³-hybridized carbons (Fsp3) is 0.714. The Morgan fingerprint density at radius 1 is 1.37 bits per heavy atom. The third kappa shape index (κ3) is 3.45. The van der Waals surface area contributed by atoms with Gasteiger partial charge in [-0.25, -0.2) is 9.97 Å². The zero-order valence-electron chi connectivity index (χ0n) is 11.4. The van der Waals surface area contributed by atoms with Gasteiger partial charge in [-0.3, -0.25) is 0 Å². The molecule has 0 spiro atoms. The fourth-order valence-electron chi connectivity index (χ4n) is 2.70. The van der Waals surface area contributed by atoms with Crippen LogP contribution in [0.4, 0.5) is 5.82 Å². The molecule has 1 N–H and O–H groups in total. The molecule has 4 nitrogen and oxygen atoms in total. The first-order valence-corrected chi connectivity index (χ1v) is 8.07. The molecule has 19 heavy (non-hydrogen) atoms. The van der Waals surface area contributed by atoms with Gasteiger partial charge in [0, 0.05) is 24.6 Å². The molecule has 0 radical (unpaired) electrons. The molecule has 0 aromatic carbocycles. The number of halogens is 1. The van der Waals surface area contributed by atoms with Gasteiger partial charge in [0.1, 0.15) is 16.2 Å². The van der Waals surface area contributed by atoms with Gasteiger partial charge in [0.15, 0.2) is 0 Å². The molecule has 1 aliphatic carbocycles. The Morgan fingerprint density at radius 3 is 2.95 bits per heavy atom. The van der Waals surface area contributed by atoms with Crippen molar-refractivity contribution in [1.82, 2.24) is 14.9 Å². The molecule has 3 rings (SSSR count). The lowest BCUT2D eigenvalue weighted by Gasteiger charge is -2.32. The molecule has 1 aromatic rings. The van der Waals surface area contributed by atoms with E-state index in [0.29, 0.717) is 12.0 Å². The molecular weight excluding hydrogens is 304 g/mol. The molecule has 0 amide bonds. The number of hydrogen-bond donors (Lipinski definition) is 1. The minimum absolute atomic E-state index is 0.516. The number of likely N-dealkylation sites (tertiary alicyclic amines) is 1. The van der Waals surface area contributed by atoms with Crippen LogP contribution in [0.15, 0.2) is 10.7 Å². The Kier molecular flexibility index (Phi) is 4.03. The first kappa shape index (κ1) is 13.3. The van der Waals surface area contributed by atoms with Crippen molar-refractivity contribution in [1.29, 1.82) is 0 Å². The summed E-state index contributed by atoms with van der Waals surface area (Å²) >= 11 is 3.50. The predicted molar refractivity (Wildman–Crippen MR) is 80.5 cm³/mol. The summed E-state index contributed by atoms with van der Waals surface area (Å²) in [6, 6.07) is 2.51. The summed E-state index contributed by atoms with van der Waals surface area (Å²) in [7, 11) is 0. The van der Waals surface area contributed by atoms with Crippen molar-refractivity contribution in [3.8, 4) is 0 Å². The molecule has 1 atom stereocenters. The average Bonchev–Trinajstić information content (AvgIpc) is 3.22. The lowest BCUT2D eigenvalue weighted by Crippen LogP contribution is -2.42. The van der Waals surface area contributed by atoms with Crippen LogP contribution in [0.1, 0.15) is 44.3 Å². The topological polar surface area (TPSA) is 41.0 Å². The summed E-state index contributed by atoms with van der Waals surface area (Å²) in [5.74, 6) is 2.57. The normalized spacial score (nSPS) is 24.4. The largest absolute Gasteiger partial charge is 0.366 e. The summed E-state index contributed by atoms with van der Waals surface area (Å²) in [4.78, 5) is 11.6. The molecule has 2 heterocycles. The second-order valence-corrected chi connectivity index (χ2v) is 6.40. The number of rotatable bonds is 4. The third-order valence-electron chi connectivity index (χ3n) is 3.96. The van der Waals surface area contributed by atoms with E-state index in [0.717, 1.165) is 29.3 Å². The van der Waals surface area contributed by atoms with Gasteiger partial charge in [-0.2, -0.15) is 0 Å². The van der Waals surface area contributed by atoms with Gasteiger partial charge in [0.2, 0.25) is 0 Å². The smallest absolute Gasteiger partial charge is 0.135 e. The molecule has 104 valence electrons. The van der Waals surface area contributed by atoms with E-state index in [1.807, 2.05) is 6.07 Å². The van der Waals surface area contributed by atoms with Gasteiger partial charge in [-0.05, 0) is 54.7 Å². The van der Waals surface area contributed by atoms with Gasteiger partial charge in [-0.1, -0.05) is 6.92 Å². The molecule has 5 heteroatoms. The van der Waals surface area contributed by atoms with Gasteiger partial charge in [0.25, 0.3) is 0 Å². The van der Waals surface area contributed by atoms with E-state index in [1.165, 1.54) is 32.2 Å². The van der Waals surface area contributed by atoms with Crippen LogP contribution in [-0.2, 0) is 0 Å². The van der Waals surface area contributed by atoms with Crippen LogP contribution in [0.25, 0.3) is 0 Å². The van der Waals surface area contributed by atoms with Gasteiger partial charge >= 0.3 is 0 Å². The van der Waals surface area contributed by atoms with E-state index in [2.05, 4.69) is 43.0 Å². The number of nitrogens with zero attached hydrogens (tertiary/aromatic N) is 3. The van der Waals surface area contributed by atoms with Gasteiger partial charge in [0.05, 0.1) is 0 Å². The average molecular weight is 325 g/mol. The summed E-state index contributed by atoms with van der Waals surface area (Å²) < 4.78 is 0.898. The molecule has 1 saturated carbocycles. The second-order valence-electron chi connectivity index (χ2n) is 5.59. The van der Waals surface area contributed by atoms with Crippen LogP contribution >= 0.6 is 15.9 Å². The predicted octanol–water partition coefficient (Wildman–Crippen LogP) is 3.01. The van der Waals surface area contributed by atoms with Crippen molar-refractivity contribution in [3.05, 3.63) is 16.5 Å². The minimum atomic E-state index is 0.516. The Balaban J connectivity index is 1.68. The maximum Gasteiger partial charge on any atom is 0.135 e. The van der Waals surface area contributed by atoms with Crippen LogP contribution in [0.5, 0.6) is 0 Å². The van der Waals surface area contributed by atoms with Gasteiger partial charge < -0.3 is 10.2 Å². The first-order valence-electron chi connectivity index (χ1n) is 7.28. The highest BCUT2D eigenvalue weighted by molar-refractivity contribution is 9.10. The molecule has 1 aromatic heterocycles.